The molecule has 0 radical (unpaired) electrons. The number of fused-ring (bicyclic) bond motifs is 1. The number of halogens is 2. The summed E-state index contributed by atoms with van der Waals surface area (Å²) in [6.45, 7) is 3.05. The van der Waals surface area contributed by atoms with E-state index in [1.807, 2.05) is 13.0 Å². The number of benzene rings is 2. The first-order chi connectivity index (χ1) is 11.5. The van der Waals surface area contributed by atoms with Crippen LogP contribution in [-0.2, 0) is 11.2 Å². The van der Waals surface area contributed by atoms with Gasteiger partial charge in [0.1, 0.15) is 0 Å². The highest BCUT2D eigenvalue weighted by molar-refractivity contribution is 6.32. The molecule has 0 fully saturated rings. The molecule has 0 unspecified atom stereocenters. The van der Waals surface area contributed by atoms with Crippen molar-refractivity contribution in [2.45, 2.75) is 19.8 Å². The summed E-state index contributed by atoms with van der Waals surface area (Å²) in [4.78, 5) is 12.3. The Kier molecular flexibility index (Phi) is 5.17. The molecule has 1 aliphatic heterocycles. The maximum atomic E-state index is 12.3. The Morgan fingerprint density at radius 1 is 1.17 bits per heavy atom. The van der Waals surface area contributed by atoms with E-state index in [-0.39, 0.29) is 12.3 Å². The molecular weight excluding hydrogens is 349 g/mol. The van der Waals surface area contributed by atoms with Crippen molar-refractivity contribution in [3.63, 3.8) is 0 Å². The van der Waals surface area contributed by atoms with Gasteiger partial charge in [-0.2, -0.15) is 0 Å². The monoisotopic (exact) mass is 365 g/mol. The molecule has 0 aliphatic carbocycles. The van der Waals surface area contributed by atoms with Crippen molar-refractivity contribution in [3.05, 3.63) is 51.5 Å². The SMILES string of the molecule is Cc1ccc(Cl)cc1NC(=O)Cc1cc(Cl)c2c(c1)OCCCO2. The molecule has 1 heterocycles. The molecule has 0 saturated heterocycles. The van der Waals surface area contributed by atoms with Crippen molar-refractivity contribution < 1.29 is 14.3 Å². The molecule has 3 rings (SSSR count). The maximum Gasteiger partial charge on any atom is 0.228 e. The minimum Gasteiger partial charge on any atom is -0.489 e. The van der Waals surface area contributed by atoms with Crippen LogP contribution in [0, 0.1) is 6.92 Å². The average Bonchev–Trinajstić information content (AvgIpc) is 2.76. The van der Waals surface area contributed by atoms with Gasteiger partial charge in [0.25, 0.3) is 0 Å². The summed E-state index contributed by atoms with van der Waals surface area (Å²) < 4.78 is 11.2. The van der Waals surface area contributed by atoms with Crippen molar-refractivity contribution in [2.75, 3.05) is 18.5 Å². The lowest BCUT2D eigenvalue weighted by molar-refractivity contribution is -0.115. The second-order valence-electron chi connectivity index (χ2n) is 5.64. The number of hydrogen-bond donors (Lipinski definition) is 1. The Morgan fingerprint density at radius 3 is 2.79 bits per heavy atom. The van der Waals surface area contributed by atoms with Gasteiger partial charge in [0.2, 0.25) is 5.91 Å². The van der Waals surface area contributed by atoms with Gasteiger partial charge in [-0.3, -0.25) is 4.79 Å². The minimum atomic E-state index is -0.147. The standard InChI is InChI=1S/C18H17Cl2NO3/c1-11-3-4-13(19)10-15(11)21-17(22)9-12-7-14(20)18-16(8-12)23-5-2-6-24-18/h3-4,7-8,10H,2,5-6,9H2,1H3,(H,21,22). The third-order valence-corrected chi connectivity index (χ3v) is 4.22. The first-order valence-electron chi connectivity index (χ1n) is 7.67. The number of ether oxygens (including phenoxy) is 2. The highest BCUT2D eigenvalue weighted by Crippen LogP contribution is 2.38. The predicted molar refractivity (Wildman–Crippen MR) is 95.6 cm³/mol. The Labute approximate surface area is 150 Å². The van der Waals surface area contributed by atoms with E-state index in [4.69, 9.17) is 32.7 Å². The van der Waals surface area contributed by atoms with Crippen LogP contribution in [0.25, 0.3) is 0 Å². The first kappa shape index (κ1) is 16.9. The van der Waals surface area contributed by atoms with Gasteiger partial charge in [-0.15, -0.1) is 0 Å². The number of nitrogens with one attached hydrogen (secondary N) is 1. The Morgan fingerprint density at radius 2 is 1.96 bits per heavy atom. The van der Waals surface area contributed by atoms with Crippen LogP contribution < -0.4 is 14.8 Å². The van der Waals surface area contributed by atoms with Gasteiger partial charge >= 0.3 is 0 Å². The lowest BCUT2D eigenvalue weighted by Gasteiger charge is -2.12. The van der Waals surface area contributed by atoms with Gasteiger partial charge in [0, 0.05) is 17.1 Å². The number of aryl methyl sites for hydroxylation is 1. The smallest absolute Gasteiger partial charge is 0.228 e. The fourth-order valence-corrected chi connectivity index (χ4v) is 2.95. The third kappa shape index (κ3) is 3.94. The minimum absolute atomic E-state index is 0.147. The number of carbonyl (C=O) groups is 1. The van der Waals surface area contributed by atoms with Gasteiger partial charge in [-0.05, 0) is 42.3 Å². The summed E-state index contributed by atoms with van der Waals surface area (Å²) in [5, 5.41) is 3.91. The van der Waals surface area contributed by atoms with Crippen LogP contribution in [-0.4, -0.2) is 19.1 Å². The number of anilines is 1. The number of rotatable bonds is 3. The number of amides is 1. The van der Waals surface area contributed by atoms with Crippen molar-refractivity contribution >= 4 is 34.8 Å². The summed E-state index contributed by atoms with van der Waals surface area (Å²) in [5.74, 6) is 0.983. The van der Waals surface area contributed by atoms with Crippen LogP contribution in [0.2, 0.25) is 10.0 Å². The second-order valence-corrected chi connectivity index (χ2v) is 6.48. The third-order valence-electron chi connectivity index (χ3n) is 3.70. The fourth-order valence-electron chi connectivity index (χ4n) is 2.49. The van der Waals surface area contributed by atoms with Crippen molar-refractivity contribution in [1.82, 2.24) is 0 Å². The molecule has 1 N–H and O–H groups in total. The Hall–Kier alpha value is -1.91. The molecule has 1 aliphatic rings. The molecule has 24 heavy (non-hydrogen) atoms. The summed E-state index contributed by atoms with van der Waals surface area (Å²) in [5.41, 5.74) is 2.42. The van der Waals surface area contributed by atoms with Crippen molar-refractivity contribution in [1.29, 1.82) is 0 Å². The summed E-state index contributed by atoms with van der Waals surface area (Å²) in [6.07, 6.45) is 0.983. The van der Waals surface area contributed by atoms with E-state index >= 15 is 0 Å². The normalized spacial score (nSPS) is 13.3. The molecule has 0 atom stereocenters. The molecule has 0 aromatic heterocycles. The predicted octanol–water partition coefficient (Wildman–Crippen LogP) is 4.64. The highest BCUT2D eigenvalue weighted by atomic mass is 35.5. The molecule has 126 valence electrons. The second kappa shape index (κ2) is 7.32. The van der Waals surface area contributed by atoms with Crippen molar-refractivity contribution in [2.24, 2.45) is 0 Å². The molecule has 1 amide bonds. The van der Waals surface area contributed by atoms with Crippen LogP contribution >= 0.6 is 23.2 Å². The van der Waals surface area contributed by atoms with Gasteiger partial charge in [0.15, 0.2) is 11.5 Å². The Balaban J connectivity index is 1.76. The van der Waals surface area contributed by atoms with Gasteiger partial charge < -0.3 is 14.8 Å². The molecule has 6 heteroatoms. The van der Waals surface area contributed by atoms with Crippen LogP contribution in [0.1, 0.15) is 17.5 Å². The first-order valence-corrected chi connectivity index (χ1v) is 8.42. The summed E-state index contributed by atoms with van der Waals surface area (Å²) in [6, 6.07) is 8.92. The van der Waals surface area contributed by atoms with Crippen molar-refractivity contribution in [3.8, 4) is 11.5 Å². The summed E-state index contributed by atoms with van der Waals surface area (Å²) in [7, 11) is 0. The van der Waals surface area contributed by atoms with Gasteiger partial charge in [-0.25, -0.2) is 0 Å². The maximum absolute atomic E-state index is 12.3. The van der Waals surface area contributed by atoms with E-state index in [0.717, 1.165) is 17.5 Å². The molecular formula is C18H17Cl2NO3. The number of hydrogen-bond acceptors (Lipinski definition) is 3. The molecule has 0 bridgehead atoms. The molecule has 0 spiro atoms. The van der Waals surface area contributed by atoms with Crippen LogP contribution in [0.5, 0.6) is 11.5 Å². The van der Waals surface area contributed by atoms with E-state index < -0.39 is 0 Å². The van der Waals surface area contributed by atoms with E-state index in [0.29, 0.717) is 40.4 Å². The summed E-state index contributed by atoms with van der Waals surface area (Å²) >= 11 is 12.2. The molecule has 2 aromatic carbocycles. The zero-order chi connectivity index (χ0) is 17.1. The van der Waals surface area contributed by atoms with E-state index in [1.54, 1.807) is 24.3 Å². The highest BCUT2D eigenvalue weighted by Gasteiger charge is 2.17. The molecule has 0 saturated carbocycles. The van der Waals surface area contributed by atoms with E-state index in [1.165, 1.54) is 0 Å². The quantitative estimate of drug-likeness (QED) is 0.861. The van der Waals surface area contributed by atoms with Crippen LogP contribution in [0.15, 0.2) is 30.3 Å². The zero-order valence-electron chi connectivity index (χ0n) is 13.2. The average molecular weight is 366 g/mol. The van der Waals surface area contributed by atoms with Gasteiger partial charge in [0.05, 0.1) is 24.7 Å². The molecule has 4 nitrogen and oxygen atoms in total. The van der Waals surface area contributed by atoms with Crippen LogP contribution in [0.3, 0.4) is 0 Å². The number of carbonyl (C=O) groups excluding carboxylic acids is 1. The Bertz CT molecular complexity index is 777. The van der Waals surface area contributed by atoms with Gasteiger partial charge in [-0.1, -0.05) is 29.3 Å². The lowest BCUT2D eigenvalue weighted by atomic mass is 10.1. The van der Waals surface area contributed by atoms with E-state index in [2.05, 4.69) is 5.32 Å². The molecule has 2 aromatic rings. The van der Waals surface area contributed by atoms with E-state index in [9.17, 15) is 4.79 Å². The fraction of sp³-hybridized carbons (Fsp3) is 0.278. The topological polar surface area (TPSA) is 47.6 Å². The zero-order valence-corrected chi connectivity index (χ0v) is 14.7. The van der Waals surface area contributed by atoms with Crippen LogP contribution in [0.4, 0.5) is 5.69 Å². The largest absolute Gasteiger partial charge is 0.489 e. The lowest BCUT2D eigenvalue weighted by Crippen LogP contribution is -2.15.